The van der Waals surface area contributed by atoms with Crippen LogP contribution in [0.3, 0.4) is 0 Å². The molecular weight excluding hydrogens is 367 g/mol. The van der Waals surface area contributed by atoms with Gasteiger partial charge < -0.3 is 4.74 Å². The molecule has 0 aliphatic heterocycles. The van der Waals surface area contributed by atoms with Crippen molar-refractivity contribution >= 4 is 38.9 Å². The third-order valence-corrected chi connectivity index (χ3v) is 3.42. The zero-order chi connectivity index (χ0) is 15.6. The number of nitro groups is 2. The molecule has 0 bridgehead atoms. The van der Waals surface area contributed by atoms with Crippen molar-refractivity contribution in [3.63, 3.8) is 0 Å². The summed E-state index contributed by atoms with van der Waals surface area (Å²) >= 11 is 8.89. The Morgan fingerprint density at radius 2 is 1.71 bits per heavy atom. The van der Waals surface area contributed by atoms with Gasteiger partial charge in [0.25, 0.3) is 0 Å². The van der Waals surface area contributed by atoms with E-state index in [4.69, 9.17) is 16.3 Å². The lowest BCUT2D eigenvalue weighted by Crippen LogP contribution is -1.97. The molecular formula is C12H6BrClN2O5. The van der Waals surface area contributed by atoms with Gasteiger partial charge in [-0.2, -0.15) is 0 Å². The number of rotatable bonds is 4. The van der Waals surface area contributed by atoms with E-state index in [2.05, 4.69) is 15.9 Å². The molecule has 0 amide bonds. The van der Waals surface area contributed by atoms with Crippen LogP contribution in [0.5, 0.6) is 11.5 Å². The molecule has 0 fully saturated rings. The van der Waals surface area contributed by atoms with Crippen molar-refractivity contribution in [2.75, 3.05) is 0 Å². The highest BCUT2D eigenvalue weighted by molar-refractivity contribution is 9.10. The Morgan fingerprint density at radius 1 is 1.05 bits per heavy atom. The van der Waals surface area contributed by atoms with Crippen LogP contribution in [-0.2, 0) is 0 Å². The van der Waals surface area contributed by atoms with Crippen LogP contribution in [0.1, 0.15) is 0 Å². The van der Waals surface area contributed by atoms with Crippen molar-refractivity contribution < 1.29 is 14.6 Å². The normalized spacial score (nSPS) is 10.2. The first-order valence-corrected chi connectivity index (χ1v) is 6.62. The Kier molecular flexibility index (Phi) is 4.39. The number of nitro benzene ring substituents is 2. The molecule has 0 aliphatic rings. The Bertz CT molecular complexity index is 738. The molecule has 21 heavy (non-hydrogen) atoms. The molecule has 0 saturated heterocycles. The van der Waals surface area contributed by atoms with Crippen molar-refractivity contribution in [2.45, 2.75) is 0 Å². The van der Waals surface area contributed by atoms with E-state index in [1.807, 2.05) is 0 Å². The van der Waals surface area contributed by atoms with Gasteiger partial charge in [0.05, 0.1) is 14.3 Å². The van der Waals surface area contributed by atoms with Crippen molar-refractivity contribution in [1.29, 1.82) is 0 Å². The fourth-order valence-electron chi connectivity index (χ4n) is 1.61. The molecule has 2 rings (SSSR count). The molecule has 0 heterocycles. The van der Waals surface area contributed by atoms with Crippen LogP contribution >= 0.6 is 27.5 Å². The summed E-state index contributed by atoms with van der Waals surface area (Å²) in [6.07, 6.45) is 0. The largest absolute Gasteiger partial charge is 0.442 e. The molecule has 0 radical (unpaired) electrons. The topological polar surface area (TPSA) is 95.5 Å². The van der Waals surface area contributed by atoms with Gasteiger partial charge >= 0.3 is 11.4 Å². The van der Waals surface area contributed by atoms with Gasteiger partial charge in [-0.3, -0.25) is 20.2 Å². The Balaban J connectivity index is 2.56. The highest BCUT2D eigenvalue weighted by Crippen LogP contribution is 2.42. The average molecular weight is 374 g/mol. The van der Waals surface area contributed by atoms with Gasteiger partial charge in [0, 0.05) is 6.07 Å². The van der Waals surface area contributed by atoms with E-state index in [1.54, 1.807) is 0 Å². The summed E-state index contributed by atoms with van der Waals surface area (Å²) < 4.78 is 5.66. The smallest absolute Gasteiger partial charge is 0.329 e. The van der Waals surface area contributed by atoms with Crippen LogP contribution in [0, 0.1) is 20.2 Å². The number of benzene rings is 2. The molecule has 0 aromatic heterocycles. The van der Waals surface area contributed by atoms with E-state index in [-0.39, 0.29) is 22.2 Å². The average Bonchev–Trinajstić information content (AvgIpc) is 2.40. The summed E-state index contributed by atoms with van der Waals surface area (Å²) in [5, 5.41) is 21.9. The van der Waals surface area contributed by atoms with Gasteiger partial charge in [0.1, 0.15) is 5.02 Å². The predicted molar refractivity (Wildman–Crippen MR) is 79.0 cm³/mol. The summed E-state index contributed by atoms with van der Waals surface area (Å²) in [7, 11) is 0. The number of nitrogens with zero attached hydrogens (tertiary/aromatic N) is 2. The van der Waals surface area contributed by atoms with E-state index in [9.17, 15) is 20.2 Å². The molecule has 2 aromatic rings. The number of para-hydroxylation sites is 2. The third kappa shape index (κ3) is 3.11. The molecule has 108 valence electrons. The lowest BCUT2D eigenvalue weighted by atomic mass is 10.2. The molecule has 0 spiro atoms. The highest BCUT2D eigenvalue weighted by atomic mass is 79.9. The van der Waals surface area contributed by atoms with Gasteiger partial charge in [-0.15, -0.1) is 0 Å². The summed E-state index contributed by atoms with van der Waals surface area (Å²) in [6, 6.07) is 8.32. The van der Waals surface area contributed by atoms with Crippen LogP contribution < -0.4 is 4.74 Å². The molecule has 0 saturated carbocycles. The first-order chi connectivity index (χ1) is 9.91. The van der Waals surface area contributed by atoms with Gasteiger partial charge in [-0.05, 0) is 34.1 Å². The minimum Gasteiger partial charge on any atom is -0.442 e. The van der Waals surface area contributed by atoms with E-state index in [1.165, 1.54) is 36.4 Å². The van der Waals surface area contributed by atoms with Crippen molar-refractivity contribution in [3.05, 3.63) is 66.1 Å². The second-order valence-corrected chi connectivity index (χ2v) is 5.05. The summed E-state index contributed by atoms with van der Waals surface area (Å²) in [6.45, 7) is 0. The third-order valence-electron chi connectivity index (χ3n) is 2.49. The second kappa shape index (κ2) is 6.06. The molecule has 2 aromatic carbocycles. The van der Waals surface area contributed by atoms with Gasteiger partial charge in [-0.25, -0.2) is 0 Å². The lowest BCUT2D eigenvalue weighted by Gasteiger charge is -2.09. The Labute approximate surface area is 131 Å². The van der Waals surface area contributed by atoms with Crippen LogP contribution in [-0.4, -0.2) is 9.85 Å². The van der Waals surface area contributed by atoms with Crippen LogP contribution in [0.25, 0.3) is 0 Å². The van der Waals surface area contributed by atoms with Crippen molar-refractivity contribution in [1.82, 2.24) is 0 Å². The van der Waals surface area contributed by atoms with E-state index in [0.29, 0.717) is 4.47 Å². The van der Waals surface area contributed by atoms with Crippen LogP contribution in [0.2, 0.25) is 5.02 Å². The van der Waals surface area contributed by atoms with E-state index < -0.39 is 15.5 Å². The number of hydrogen-bond donors (Lipinski definition) is 0. The maximum atomic E-state index is 11.0. The minimum atomic E-state index is -0.708. The van der Waals surface area contributed by atoms with Gasteiger partial charge in [0.15, 0.2) is 0 Å². The van der Waals surface area contributed by atoms with Crippen LogP contribution in [0.15, 0.2) is 40.9 Å². The fourth-order valence-corrected chi connectivity index (χ4v) is 2.28. The van der Waals surface area contributed by atoms with E-state index >= 15 is 0 Å². The van der Waals surface area contributed by atoms with Crippen molar-refractivity contribution in [3.8, 4) is 11.5 Å². The monoisotopic (exact) mass is 372 g/mol. The number of hydrogen-bond acceptors (Lipinski definition) is 5. The lowest BCUT2D eigenvalue weighted by molar-refractivity contribution is -0.387. The summed E-state index contributed by atoms with van der Waals surface area (Å²) in [5.41, 5.74) is -0.775. The first-order valence-electron chi connectivity index (χ1n) is 5.45. The number of ether oxygens (including phenoxy) is 1. The Morgan fingerprint density at radius 3 is 2.33 bits per heavy atom. The first kappa shape index (κ1) is 15.2. The standard InChI is InChI=1S/C12H6BrClN2O5/c13-7-3-1-5-9(15(17)18)12(7)21-10-6-2-4-8(14)11(10)16(19)20/h1-6H. The van der Waals surface area contributed by atoms with Crippen LogP contribution in [0.4, 0.5) is 11.4 Å². The summed E-state index contributed by atoms with van der Waals surface area (Å²) in [5.74, 6) is -0.310. The van der Waals surface area contributed by atoms with Gasteiger partial charge in [0.2, 0.25) is 11.5 Å². The summed E-state index contributed by atoms with van der Waals surface area (Å²) in [4.78, 5) is 20.7. The predicted octanol–water partition coefficient (Wildman–Crippen LogP) is 4.71. The molecule has 0 unspecified atom stereocenters. The second-order valence-electron chi connectivity index (χ2n) is 3.79. The zero-order valence-corrected chi connectivity index (χ0v) is 12.5. The maximum Gasteiger partial charge on any atom is 0.329 e. The molecule has 9 heteroatoms. The van der Waals surface area contributed by atoms with Gasteiger partial charge in [-0.1, -0.05) is 23.7 Å². The quantitative estimate of drug-likeness (QED) is 0.571. The minimum absolute atomic E-state index is 0.118. The molecule has 0 N–H and O–H groups in total. The van der Waals surface area contributed by atoms with Crippen molar-refractivity contribution in [2.24, 2.45) is 0 Å². The zero-order valence-electron chi connectivity index (χ0n) is 10.2. The maximum absolute atomic E-state index is 11.0. The molecule has 0 aliphatic carbocycles. The highest BCUT2D eigenvalue weighted by Gasteiger charge is 2.25. The number of halogens is 2. The molecule has 7 nitrogen and oxygen atoms in total. The Hall–Kier alpha value is -2.19. The molecule has 0 atom stereocenters. The fraction of sp³-hybridized carbons (Fsp3) is 0. The SMILES string of the molecule is O=[N+]([O-])c1cccc(Br)c1Oc1cccc(Cl)c1[N+](=O)[O-]. The van der Waals surface area contributed by atoms with E-state index in [0.717, 1.165) is 0 Å².